The number of H-pyrrole nitrogens is 1. The molecule has 0 radical (unpaired) electrons. The summed E-state index contributed by atoms with van der Waals surface area (Å²) in [4.78, 5) is 16.2. The summed E-state index contributed by atoms with van der Waals surface area (Å²) in [7, 11) is -1.53. The summed E-state index contributed by atoms with van der Waals surface area (Å²) in [5.74, 6) is 0.746. The van der Waals surface area contributed by atoms with E-state index in [9.17, 15) is 9.00 Å². The van der Waals surface area contributed by atoms with Gasteiger partial charge in [-0.25, -0.2) is 4.98 Å². The van der Waals surface area contributed by atoms with Gasteiger partial charge in [0.2, 0.25) is 11.1 Å². The smallest absolute Gasteiger partial charge is 0.239 e. The van der Waals surface area contributed by atoms with Gasteiger partial charge < -0.3 is 5.32 Å². The van der Waals surface area contributed by atoms with Gasteiger partial charge in [-0.1, -0.05) is 6.07 Å². The van der Waals surface area contributed by atoms with E-state index >= 15 is 0 Å². The van der Waals surface area contributed by atoms with Crippen LogP contribution < -0.4 is 5.32 Å². The summed E-state index contributed by atoms with van der Waals surface area (Å²) in [6.45, 7) is 3.93. The van der Waals surface area contributed by atoms with Crippen molar-refractivity contribution in [2.45, 2.75) is 37.8 Å². The van der Waals surface area contributed by atoms with Crippen molar-refractivity contribution >= 4 is 22.4 Å². The molecule has 1 unspecified atom stereocenters. The van der Waals surface area contributed by atoms with Crippen molar-refractivity contribution in [3.05, 3.63) is 35.2 Å². The Kier molecular flexibility index (Phi) is 4.06. The molecular weight excluding hydrogens is 300 g/mol. The quantitative estimate of drug-likeness (QED) is 0.883. The number of carbonyl (C=O) groups is 1. The van der Waals surface area contributed by atoms with E-state index in [-0.39, 0.29) is 16.8 Å². The van der Waals surface area contributed by atoms with Crippen LogP contribution in [0.5, 0.6) is 0 Å². The molecule has 2 N–H and O–H groups in total. The number of amides is 1. The molecule has 1 heterocycles. The van der Waals surface area contributed by atoms with Crippen LogP contribution in [-0.2, 0) is 15.6 Å². The average molecular weight is 318 g/mol. The Morgan fingerprint density at radius 3 is 2.64 bits per heavy atom. The van der Waals surface area contributed by atoms with E-state index in [1.54, 1.807) is 0 Å². The number of aromatic nitrogens is 3. The van der Waals surface area contributed by atoms with E-state index in [0.717, 1.165) is 29.8 Å². The molecule has 1 fully saturated rings. The van der Waals surface area contributed by atoms with Crippen molar-refractivity contribution < 1.29 is 9.00 Å². The fourth-order valence-corrected chi connectivity index (χ4v) is 3.11. The first kappa shape index (κ1) is 14.9. The third-order valence-corrected chi connectivity index (χ3v) is 4.53. The van der Waals surface area contributed by atoms with Crippen LogP contribution in [0.3, 0.4) is 0 Å². The molecular formula is C15H18N4O2S. The predicted molar refractivity (Wildman–Crippen MR) is 84.2 cm³/mol. The van der Waals surface area contributed by atoms with Gasteiger partial charge >= 0.3 is 0 Å². The lowest BCUT2D eigenvalue weighted by Crippen LogP contribution is -2.20. The minimum atomic E-state index is -1.53. The number of rotatable bonds is 5. The summed E-state index contributed by atoms with van der Waals surface area (Å²) in [6.07, 6.45) is 2.18. The second kappa shape index (κ2) is 6.00. The highest BCUT2D eigenvalue weighted by Crippen LogP contribution is 2.37. The minimum absolute atomic E-state index is 0.144. The monoisotopic (exact) mass is 318 g/mol. The standard InChI is InChI=1S/C15H18N4O2S/c1-9-5-10(2)7-12(6-9)16-13(20)8-22(21)15-17-14(18-19-15)11-3-4-11/h5-7,11H,3-4,8H2,1-2H3,(H,16,20)(H,17,18,19). The molecule has 1 saturated carbocycles. The predicted octanol–water partition coefficient (Wildman–Crippen LogP) is 2.05. The Balaban J connectivity index is 1.61. The van der Waals surface area contributed by atoms with E-state index in [4.69, 9.17) is 0 Å². The summed E-state index contributed by atoms with van der Waals surface area (Å²) in [5.41, 5.74) is 2.85. The van der Waals surface area contributed by atoms with Gasteiger partial charge in [0.1, 0.15) is 22.4 Å². The van der Waals surface area contributed by atoms with Gasteiger partial charge in [0.25, 0.3) is 0 Å². The molecule has 1 aliphatic rings. The molecule has 116 valence electrons. The van der Waals surface area contributed by atoms with Crippen LogP contribution in [0.25, 0.3) is 0 Å². The first-order chi connectivity index (χ1) is 10.5. The lowest BCUT2D eigenvalue weighted by molar-refractivity contribution is -0.113. The van der Waals surface area contributed by atoms with Crippen LogP contribution in [0.2, 0.25) is 0 Å². The lowest BCUT2D eigenvalue weighted by atomic mass is 10.1. The van der Waals surface area contributed by atoms with Crippen LogP contribution in [-0.4, -0.2) is 31.1 Å². The average Bonchev–Trinajstić information content (AvgIpc) is 3.14. The second-order valence-corrected chi connectivity index (χ2v) is 7.04. The molecule has 0 spiro atoms. The molecule has 1 amide bonds. The molecule has 1 aromatic carbocycles. The number of aryl methyl sites for hydroxylation is 2. The Hall–Kier alpha value is -2.02. The molecule has 0 bridgehead atoms. The molecule has 1 atom stereocenters. The summed E-state index contributed by atoms with van der Waals surface area (Å²) in [5, 5.41) is 9.72. The van der Waals surface area contributed by atoms with Gasteiger partial charge in [-0.15, -0.1) is 5.10 Å². The van der Waals surface area contributed by atoms with Crippen molar-refractivity contribution in [3.63, 3.8) is 0 Å². The topological polar surface area (TPSA) is 87.7 Å². The Morgan fingerprint density at radius 1 is 1.32 bits per heavy atom. The molecule has 0 saturated heterocycles. The summed E-state index contributed by atoms with van der Waals surface area (Å²) < 4.78 is 12.1. The number of aromatic amines is 1. The maximum Gasteiger partial charge on any atom is 0.239 e. The van der Waals surface area contributed by atoms with Crippen LogP contribution in [0.4, 0.5) is 5.69 Å². The SMILES string of the molecule is Cc1cc(C)cc(NC(=O)CS(=O)c2n[nH]c(C3CC3)n2)c1. The number of hydrogen-bond acceptors (Lipinski definition) is 4. The van der Waals surface area contributed by atoms with E-state index in [1.165, 1.54) is 0 Å². The normalized spacial score (nSPS) is 15.5. The Morgan fingerprint density at radius 2 is 2.00 bits per heavy atom. The van der Waals surface area contributed by atoms with Gasteiger partial charge in [-0.3, -0.25) is 14.1 Å². The zero-order valence-corrected chi connectivity index (χ0v) is 13.4. The highest BCUT2D eigenvalue weighted by molar-refractivity contribution is 7.85. The molecule has 22 heavy (non-hydrogen) atoms. The second-order valence-electron chi connectivity index (χ2n) is 5.69. The van der Waals surface area contributed by atoms with Gasteiger partial charge in [-0.05, 0) is 49.9 Å². The molecule has 7 heteroatoms. The maximum atomic E-state index is 12.1. The molecule has 0 aliphatic heterocycles. The number of anilines is 1. The number of hydrogen-bond donors (Lipinski definition) is 2. The fraction of sp³-hybridized carbons (Fsp3) is 0.400. The van der Waals surface area contributed by atoms with Crippen molar-refractivity contribution in [1.82, 2.24) is 15.2 Å². The van der Waals surface area contributed by atoms with E-state index in [0.29, 0.717) is 11.6 Å². The number of carbonyl (C=O) groups excluding carboxylic acids is 1. The van der Waals surface area contributed by atoms with Crippen LogP contribution in [0, 0.1) is 13.8 Å². The van der Waals surface area contributed by atoms with Crippen LogP contribution in [0.15, 0.2) is 23.4 Å². The Labute approximate surface area is 131 Å². The fourth-order valence-electron chi connectivity index (χ4n) is 2.33. The first-order valence-electron chi connectivity index (χ1n) is 7.20. The third-order valence-electron chi connectivity index (χ3n) is 3.42. The minimum Gasteiger partial charge on any atom is -0.325 e. The van der Waals surface area contributed by atoms with E-state index in [2.05, 4.69) is 20.5 Å². The van der Waals surface area contributed by atoms with Crippen LogP contribution >= 0.6 is 0 Å². The molecule has 2 aromatic rings. The van der Waals surface area contributed by atoms with Crippen molar-refractivity contribution in [2.24, 2.45) is 0 Å². The maximum absolute atomic E-state index is 12.1. The van der Waals surface area contributed by atoms with Crippen LogP contribution in [0.1, 0.15) is 35.7 Å². The molecule has 3 rings (SSSR count). The number of nitrogens with zero attached hydrogens (tertiary/aromatic N) is 2. The molecule has 1 aromatic heterocycles. The van der Waals surface area contributed by atoms with Crippen molar-refractivity contribution in [3.8, 4) is 0 Å². The van der Waals surface area contributed by atoms with Crippen molar-refractivity contribution in [1.29, 1.82) is 0 Å². The third kappa shape index (κ3) is 3.59. The number of benzene rings is 1. The summed E-state index contributed by atoms with van der Waals surface area (Å²) >= 11 is 0. The van der Waals surface area contributed by atoms with Gasteiger partial charge in [0, 0.05) is 11.6 Å². The van der Waals surface area contributed by atoms with Gasteiger partial charge in [0.15, 0.2) is 0 Å². The number of nitrogens with one attached hydrogen (secondary N) is 2. The highest BCUT2D eigenvalue weighted by atomic mass is 32.2. The highest BCUT2D eigenvalue weighted by Gasteiger charge is 2.28. The van der Waals surface area contributed by atoms with E-state index in [1.807, 2.05) is 32.0 Å². The molecule has 6 nitrogen and oxygen atoms in total. The lowest BCUT2D eigenvalue weighted by Gasteiger charge is -2.06. The zero-order chi connectivity index (χ0) is 15.7. The van der Waals surface area contributed by atoms with E-state index < -0.39 is 10.8 Å². The first-order valence-corrected chi connectivity index (χ1v) is 8.52. The zero-order valence-electron chi connectivity index (χ0n) is 12.5. The summed E-state index contributed by atoms with van der Waals surface area (Å²) in [6, 6.07) is 5.79. The molecule has 1 aliphatic carbocycles. The van der Waals surface area contributed by atoms with Gasteiger partial charge in [-0.2, -0.15) is 0 Å². The van der Waals surface area contributed by atoms with Gasteiger partial charge in [0.05, 0.1) is 0 Å². The largest absolute Gasteiger partial charge is 0.325 e. The van der Waals surface area contributed by atoms with Crippen molar-refractivity contribution in [2.75, 3.05) is 11.1 Å². The Bertz CT molecular complexity index is 717.